The first-order chi connectivity index (χ1) is 11.0. The van der Waals surface area contributed by atoms with Crippen molar-refractivity contribution < 1.29 is 27.5 Å². The van der Waals surface area contributed by atoms with E-state index >= 15 is 0 Å². The number of carbonyl (C=O) groups is 2. The molecule has 0 spiro atoms. The summed E-state index contributed by atoms with van der Waals surface area (Å²) in [6, 6.07) is 15.8. The highest BCUT2D eigenvalue weighted by atomic mass is 32.2. The lowest BCUT2D eigenvalue weighted by Crippen LogP contribution is -2.25. The van der Waals surface area contributed by atoms with Crippen LogP contribution in [0, 0.1) is 0 Å². The Balaban J connectivity index is 1.84. The van der Waals surface area contributed by atoms with Crippen molar-refractivity contribution in [2.45, 2.75) is 4.90 Å². The molecule has 0 amide bonds. The maximum Gasteiger partial charge on any atom is 0.422 e. The molecular weight excluding hydrogens is 320 g/mol. The fourth-order valence-electron chi connectivity index (χ4n) is 1.69. The second-order valence-corrected chi connectivity index (χ2v) is 6.58. The number of carbonyl (C=O) groups excluding carboxylic acids is 2. The van der Waals surface area contributed by atoms with Crippen LogP contribution in [0.3, 0.4) is 0 Å². The third-order valence-electron chi connectivity index (χ3n) is 2.81. The average Bonchev–Trinajstić information content (AvgIpc) is 2.56. The maximum absolute atomic E-state index is 12.0. The lowest BCUT2D eigenvalue weighted by atomic mass is 10.3. The zero-order valence-electron chi connectivity index (χ0n) is 12.0. The van der Waals surface area contributed by atoms with Crippen molar-refractivity contribution in [3.05, 3.63) is 60.7 Å². The van der Waals surface area contributed by atoms with Crippen molar-refractivity contribution in [1.82, 2.24) is 0 Å². The van der Waals surface area contributed by atoms with Crippen LogP contribution in [-0.2, 0) is 24.2 Å². The molecule has 6 nitrogen and oxygen atoms in total. The minimum atomic E-state index is -3.57. The van der Waals surface area contributed by atoms with Crippen LogP contribution in [0.25, 0.3) is 0 Å². The highest BCUT2D eigenvalue weighted by Gasteiger charge is 2.20. The van der Waals surface area contributed by atoms with Crippen molar-refractivity contribution >= 4 is 21.8 Å². The Morgan fingerprint density at radius 3 is 2.00 bits per heavy atom. The van der Waals surface area contributed by atoms with Gasteiger partial charge in [-0.15, -0.1) is 0 Å². The molecule has 0 heterocycles. The second kappa shape index (κ2) is 7.55. The van der Waals surface area contributed by atoms with Crippen LogP contribution < -0.4 is 4.74 Å². The third kappa shape index (κ3) is 4.93. The molecule has 0 aromatic heterocycles. The Morgan fingerprint density at radius 1 is 0.826 bits per heavy atom. The molecule has 0 aliphatic heterocycles. The van der Waals surface area contributed by atoms with E-state index in [-0.39, 0.29) is 10.6 Å². The third-order valence-corrected chi connectivity index (χ3v) is 4.50. The SMILES string of the molecule is O=C(OCCS(=O)(=O)c1ccccc1)C(=O)Oc1ccccc1. The van der Waals surface area contributed by atoms with Crippen LogP contribution in [-0.4, -0.2) is 32.7 Å². The van der Waals surface area contributed by atoms with E-state index in [1.807, 2.05) is 0 Å². The fourth-order valence-corrected chi connectivity index (χ4v) is 2.80. The number of rotatable bonds is 5. The van der Waals surface area contributed by atoms with E-state index in [0.29, 0.717) is 0 Å². The summed E-state index contributed by atoms with van der Waals surface area (Å²) in [5, 5.41) is 0. The molecule has 0 saturated carbocycles. The number of sulfone groups is 1. The molecular formula is C16H14O6S. The largest absolute Gasteiger partial charge is 0.456 e. The number of para-hydroxylation sites is 1. The van der Waals surface area contributed by atoms with Crippen molar-refractivity contribution in [3.8, 4) is 5.75 Å². The lowest BCUT2D eigenvalue weighted by molar-refractivity contribution is -0.161. The topological polar surface area (TPSA) is 86.7 Å². The molecule has 120 valence electrons. The van der Waals surface area contributed by atoms with Crippen molar-refractivity contribution in [3.63, 3.8) is 0 Å². The molecule has 2 rings (SSSR count). The van der Waals surface area contributed by atoms with Gasteiger partial charge in [0.25, 0.3) is 0 Å². The van der Waals surface area contributed by atoms with E-state index in [9.17, 15) is 18.0 Å². The highest BCUT2D eigenvalue weighted by molar-refractivity contribution is 7.91. The van der Waals surface area contributed by atoms with E-state index in [0.717, 1.165) is 0 Å². The van der Waals surface area contributed by atoms with Crippen molar-refractivity contribution in [2.75, 3.05) is 12.4 Å². The molecule has 0 radical (unpaired) electrons. The van der Waals surface area contributed by atoms with Crippen LogP contribution in [0.15, 0.2) is 65.6 Å². The summed E-state index contributed by atoms with van der Waals surface area (Å²) in [6.45, 7) is -0.431. The summed E-state index contributed by atoms with van der Waals surface area (Å²) in [5.41, 5.74) is 0. The quantitative estimate of drug-likeness (QED) is 0.469. The highest BCUT2D eigenvalue weighted by Crippen LogP contribution is 2.10. The predicted molar refractivity (Wildman–Crippen MR) is 81.5 cm³/mol. The van der Waals surface area contributed by atoms with Crippen LogP contribution in [0.2, 0.25) is 0 Å². The van der Waals surface area contributed by atoms with Gasteiger partial charge in [-0.3, -0.25) is 0 Å². The first-order valence-electron chi connectivity index (χ1n) is 6.71. The molecule has 0 unspecified atom stereocenters. The van der Waals surface area contributed by atoms with Crippen LogP contribution in [0.1, 0.15) is 0 Å². The Hall–Kier alpha value is -2.67. The van der Waals surface area contributed by atoms with Gasteiger partial charge in [-0.05, 0) is 24.3 Å². The molecule has 2 aromatic carbocycles. The van der Waals surface area contributed by atoms with Crippen molar-refractivity contribution in [1.29, 1.82) is 0 Å². The Labute approximate surface area is 133 Å². The van der Waals surface area contributed by atoms with E-state index in [1.54, 1.807) is 36.4 Å². The van der Waals surface area contributed by atoms with E-state index in [4.69, 9.17) is 4.74 Å². The average molecular weight is 334 g/mol. The number of esters is 2. The first kappa shape index (κ1) is 16.7. The molecule has 7 heteroatoms. The minimum absolute atomic E-state index is 0.128. The van der Waals surface area contributed by atoms with Crippen LogP contribution in [0.5, 0.6) is 5.75 Å². The van der Waals surface area contributed by atoms with E-state index in [1.165, 1.54) is 24.3 Å². The summed E-state index contributed by atoms with van der Waals surface area (Å²) in [4.78, 5) is 23.1. The second-order valence-electron chi connectivity index (χ2n) is 4.47. The van der Waals surface area contributed by atoms with Gasteiger partial charge in [-0.1, -0.05) is 36.4 Å². The molecule has 23 heavy (non-hydrogen) atoms. The number of ether oxygens (including phenoxy) is 2. The van der Waals surface area contributed by atoms with Gasteiger partial charge in [0, 0.05) is 0 Å². The number of hydrogen-bond donors (Lipinski definition) is 0. The van der Waals surface area contributed by atoms with Gasteiger partial charge in [0.2, 0.25) is 0 Å². The zero-order chi connectivity index (χ0) is 16.7. The van der Waals surface area contributed by atoms with Gasteiger partial charge in [0.15, 0.2) is 9.84 Å². The van der Waals surface area contributed by atoms with Crippen molar-refractivity contribution in [2.24, 2.45) is 0 Å². The molecule has 0 N–H and O–H groups in total. The van der Waals surface area contributed by atoms with Gasteiger partial charge in [0.05, 0.1) is 10.6 Å². The molecule has 2 aromatic rings. The molecule has 0 fully saturated rings. The normalized spacial score (nSPS) is 10.8. The summed E-state index contributed by atoms with van der Waals surface area (Å²) >= 11 is 0. The lowest BCUT2D eigenvalue weighted by Gasteiger charge is -2.06. The molecule has 0 atom stereocenters. The Kier molecular flexibility index (Phi) is 5.48. The fraction of sp³-hybridized carbons (Fsp3) is 0.125. The summed E-state index contributed by atoms with van der Waals surface area (Å²) in [5.74, 6) is -2.65. The zero-order valence-corrected chi connectivity index (χ0v) is 12.9. The maximum atomic E-state index is 12.0. The molecule has 0 aliphatic rings. The smallest absolute Gasteiger partial charge is 0.422 e. The van der Waals surface area contributed by atoms with Crippen LogP contribution in [0.4, 0.5) is 0 Å². The standard InChI is InChI=1S/C16H14O6S/c17-15(16(18)22-13-7-3-1-4-8-13)21-11-12-23(19,20)14-9-5-2-6-10-14/h1-10H,11-12H2. The Morgan fingerprint density at radius 2 is 1.39 bits per heavy atom. The van der Waals surface area contributed by atoms with Crippen LogP contribution >= 0.6 is 0 Å². The van der Waals surface area contributed by atoms with Gasteiger partial charge < -0.3 is 9.47 Å². The van der Waals surface area contributed by atoms with E-state index in [2.05, 4.69) is 4.74 Å². The number of hydrogen-bond acceptors (Lipinski definition) is 6. The summed E-state index contributed by atoms with van der Waals surface area (Å²) in [7, 11) is -3.57. The molecule has 0 aliphatic carbocycles. The number of benzene rings is 2. The van der Waals surface area contributed by atoms with Gasteiger partial charge in [0.1, 0.15) is 12.4 Å². The predicted octanol–water partition coefficient (Wildman–Crippen LogP) is 1.61. The molecule has 0 saturated heterocycles. The van der Waals surface area contributed by atoms with Gasteiger partial charge >= 0.3 is 11.9 Å². The van der Waals surface area contributed by atoms with E-state index < -0.39 is 34.1 Å². The summed E-state index contributed by atoms with van der Waals surface area (Å²) < 4.78 is 33.4. The van der Waals surface area contributed by atoms with Gasteiger partial charge in [-0.2, -0.15) is 0 Å². The molecule has 0 bridgehead atoms. The Bertz CT molecular complexity index is 769. The van der Waals surface area contributed by atoms with Gasteiger partial charge in [-0.25, -0.2) is 18.0 Å². The first-order valence-corrected chi connectivity index (χ1v) is 8.36. The summed E-state index contributed by atoms with van der Waals surface area (Å²) in [6.07, 6.45) is 0. The monoisotopic (exact) mass is 334 g/mol. The minimum Gasteiger partial charge on any atom is -0.456 e.